The quantitative estimate of drug-likeness (QED) is 0.585. The maximum Gasteiger partial charge on any atom is 0.193 e. The fourth-order valence-electron chi connectivity index (χ4n) is 2.21. The van der Waals surface area contributed by atoms with Crippen LogP contribution in [0.3, 0.4) is 0 Å². The van der Waals surface area contributed by atoms with E-state index in [1.54, 1.807) is 11.3 Å². The van der Waals surface area contributed by atoms with Gasteiger partial charge in [-0.1, -0.05) is 13.0 Å². The SMILES string of the molecule is CCNC(=NCCc1csc(CC)n1)N(C)CCc1cccs1. The first-order valence-corrected chi connectivity index (χ1v) is 9.94. The van der Waals surface area contributed by atoms with Crippen LogP contribution in [0.2, 0.25) is 0 Å². The van der Waals surface area contributed by atoms with Crippen LogP contribution < -0.4 is 5.32 Å². The zero-order valence-electron chi connectivity index (χ0n) is 14.2. The highest BCUT2D eigenvalue weighted by Gasteiger charge is 2.06. The van der Waals surface area contributed by atoms with Gasteiger partial charge in [0.15, 0.2) is 5.96 Å². The monoisotopic (exact) mass is 350 g/mol. The Hall–Kier alpha value is -1.40. The summed E-state index contributed by atoms with van der Waals surface area (Å²) < 4.78 is 0. The molecule has 0 unspecified atom stereocenters. The molecule has 2 heterocycles. The molecule has 0 radical (unpaired) electrons. The zero-order chi connectivity index (χ0) is 16.5. The number of thiazole rings is 1. The van der Waals surface area contributed by atoms with Crippen molar-refractivity contribution in [2.24, 2.45) is 4.99 Å². The number of hydrogen-bond donors (Lipinski definition) is 1. The Morgan fingerprint density at radius 2 is 2.17 bits per heavy atom. The molecule has 6 heteroatoms. The molecule has 0 bridgehead atoms. The molecule has 23 heavy (non-hydrogen) atoms. The minimum absolute atomic E-state index is 0.776. The van der Waals surface area contributed by atoms with Gasteiger partial charge in [0.1, 0.15) is 0 Å². The van der Waals surface area contributed by atoms with E-state index in [-0.39, 0.29) is 0 Å². The van der Waals surface area contributed by atoms with Gasteiger partial charge in [-0.2, -0.15) is 0 Å². The molecule has 0 aliphatic rings. The minimum Gasteiger partial charge on any atom is -0.357 e. The van der Waals surface area contributed by atoms with Crippen LogP contribution >= 0.6 is 22.7 Å². The van der Waals surface area contributed by atoms with Crippen LogP contribution in [-0.4, -0.2) is 42.5 Å². The normalized spacial score (nSPS) is 11.7. The summed E-state index contributed by atoms with van der Waals surface area (Å²) in [5, 5.41) is 8.88. The maximum absolute atomic E-state index is 4.74. The van der Waals surface area contributed by atoms with Crippen LogP contribution in [0.4, 0.5) is 0 Å². The molecule has 0 amide bonds. The highest BCUT2D eigenvalue weighted by molar-refractivity contribution is 7.10. The Bertz CT molecular complexity index is 590. The van der Waals surface area contributed by atoms with E-state index in [2.05, 4.69) is 59.0 Å². The Balaban J connectivity index is 1.85. The number of aryl methyl sites for hydroxylation is 1. The van der Waals surface area contributed by atoms with Crippen molar-refractivity contribution in [3.63, 3.8) is 0 Å². The van der Waals surface area contributed by atoms with Crippen LogP contribution in [0.15, 0.2) is 27.9 Å². The van der Waals surface area contributed by atoms with E-state index < -0.39 is 0 Å². The number of aromatic nitrogens is 1. The summed E-state index contributed by atoms with van der Waals surface area (Å²) in [7, 11) is 2.10. The molecule has 0 aliphatic carbocycles. The Labute approximate surface area is 147 Å². The molecule has 0 spiro atoms. The summed E-state index contributed by atoms with van der Waals surface area (Å²) in [6.45, 7) is 6.89. The third-order valence-electron chi connectivity index (χ3n) is 3.50. The van der Waals surface area contributed by atoms with E-state index in [0.29, 0.717) is 0 Å². The first kappa shape index (κ1) is 17.9. The first-order valence-electron chi connectivity index (χ1n) is 8.18. The topological polar surface area (TPSA) is 40.5 Å². The lowest BCUT2D eigenvalue weighted by Crippen LogP contribution is -2.40. The summed E-state index contributed by atoms with van der Waals surface area (Å²) in [5.41, 5.74) is 1.16. The van der Waals surface area contributed by atoms with Gasteiger partial charge in [0.25, 0.3) is 0 Å². The predicted molar refractivity (Wildman–Crippen MR) is 102 cm³/mol. The summed E-state index contributed by atoms with van der Waals surface area (Å²) in [6.07, 6.45) is 2.98. The molecular weight excluding hydrogens is 324 g/mol. The summed E-state index contributed by atoms with van der Waals surface area (Å²) in [4.78, 5) is 13.0. The van der Waals surface area contributed by atoms with Crippen molar-refractivity contribution in [3.05, 3.63) is 38.5 Å². The second-order valence-electron chi connectivity index (χ2n) is 5.32. The second kappa shape index (κ2) is 9.67. The summed E-state index contributed by atoms with van der Waals surface area (Å²) >= 11 is 3.56. The minimum atomic E-state index is 0.776. The van der Waals surface area contributed by atoms with E-state index in [1.807, 2.05) is 11.3 Å². The average Bonchev–Trinajstić information content (AvgIpc) is 3.23. The summed E-state index contributed by atoms with van der Waals surface area (Å²) in [5.74, 6) is 0.981. The average molecular weight is 351 g/mol. The van der Waals surface area contributed by atoms with Crippen molar-refractivity contribution in [2.75, 3.05) is 26.7 Å². The molecular formula is C17H26N4S2. The number of guanidine groups is 1. The lowest BCUT2D eigenvalue weighted by molar-refractivity contribution is 0.487. The van der Waals surface area contributed by atoms with Crippen LogP contribution in [-0.2, 0) is 19.3 Å². The highest BCUT2D eigenvalue weighted by atomic mass is 32.1. The van der Waals surface area contributed by atoms with Gasteiger partial charge in [-0.3, -0.25) is 4.99 Å². The molecule has 0 aromatic carbocycles. The predicted octanol–water partition coefficient (Wildman–Crippen LogP) is 3.45. The molecule has 1 N–H and O–H groups in total. The van der Waals surface area contributed by atoms with Crippen LogP contribution in [0.25, 0.3) is 0 Å². The lowest BCUT2D eigenvalue weighted by atomic mass is 10.3. The number of aliphatic imine (C=N–C) groups is 1. The van der Waals surface area contributed by atoms with Gasteiger partial charge in [0.05, 0.1) is 10.7 Å². The fraction of sp³-hybridized carbons (Fsp3) is 0.529. The largest absolute Gasteiger partial charge is 0.357 e. The molecule has 0 fully saturated rings. The van der Waals surface area contributed by atoms with E-state index >= 15 is 0 Å². The van der Waals surface area contributed by atoms with Gasteiger partial charge >= 0.3 is 0 Å². The van der Waals surface area contributed by atoms with Gasteiger partial charge in [0, 0.05) is 43.4 Å². The van der Waals surface area contributed by atoms with Crippen LogP contribution in [0.1, 0.15) is 29.4 Å². The highest BCUT2D eigenvalue weighted by Crippen LogP contribution is 2.11. The van der Waals surface area contributed by atoms with E-state index in [1.165, 1.54) is 9.88 Å². The number of nitrogens with one attached hydrogen (secondary N) is 1. The van der Waals surface area contributed by atoms with E-state index in [9.17, 15) is 0 Å². The molecule has 2 aromatic heterocycles. The Kier molecular flexibility index (Phi) is 7.55. The third-order valence-corrected chi connectivity index (χ3v) is 5.48. The van der Waals surface area contributed by atoms with E-state index in [4.69, 9.17) is 4.99 Å². The third kappa shape index (κ3) is 5.95. The number of thiophene rings is 1. The molecule has 2 aromatic rings. The number of likely N-dealkylation sites (N-methyl/N-ethyl adjacent to an activating group) is 1. The van der Waals surface area contributed by atoms with Gasteiger partial charge in [-0.15, -0.1) is 22.7 Å². The van der Waals surface area contributed by atoms with Gasteiger partial charge in [-0.25, -0.2) is 4.98 Å². The van der Waals surface area contributed by atoms with Crippen molar-refractivity contribution in [1.29, 1.82) is 0 Å². The van der Waals surface area contributed by atoms with Gasteiger partial charge < -0.3 is 10.2 Å². The second-order valence-corrected chi connectivity index (χ2v) is 7.30. The molecule has 0 saturated heterocycles. The molecule has 4 nitrogen and oxygen atoms in total. The van der Waals surface area contributed by atoms with Crippen LogP contribution in [0.5, 0.6) is 0 Å². The van der Waals surface area contributed by atoms with Crippen molar-refractivity contribution in [1.82, 2.24) is 15.2 Å². The molecule has 0 atom stereocenters. The lowest BCUT2D eigenvalue weighted by Gasteiger charge is -2.21. The van der Waals surface area contributed by atoms with Crippen LogP contribution in [0, 0.1) is 0 Å². The van der Waals surface area contributed by atoms with Crippen molar-refractivity contribution in [3.8, 4) is 0 Å². The van der Waals surface area contributed by atoms with Gasteiger partial charge in [-0.05, 0) is 31.2 Å². The molecule has 126 valence electrons. The Morgan fingerprint density at radius 1 is 1.30 bits per heavy atom. The summed E-state index contributed by atoms with van der Waals surface area (Å²) in [6, 6.07) is 4.30. The maximum atomic E-state index is 4.74. The molecule has 0 aliphatic heterocycles. The molecule has 0 saturated carbocycles. The zero-order valence-corrected chi connectivity index (χ0v) is 15.8. The fourth-order valence-corrected chi connectivity index (χ4v) is 3.69. The van der Waals surface area contributed by atoms with Crippen molar-refractivity contribution >= 4 is 28.6 Å². The van der Waals surface area contributed by atoms with E-state index in [0.717, 1.165) is 50.6 Å². The smallest absolute Gasteiger partial charge is 0.193 e. The first-order chi connectivity index (χ1) is 11.2. The van der Waals surface area contributed by atoms with Gasteiger partial charge in [0.2, 0.25) is 0 Å². The number of rotatable bonds is 8. The number of hydrogen-bond acceptors (Lipinski definition) is 4. The van der Waals surface area contributed by atoms with Crippen molar-refractivity contribution in [2.45, 2.75) is 33.1 Å². The number of nitrogens with zero attached hydrogens (tertiary/aromatic N) is 3. The standard InChI is InChI=1S/C17H26N4S2/c1-4-16-20-14(13-23-16)8-10-19-17(18-5-2)21(3)11-9-15-7-6-12-22-15/h6-7,12-13H,4-5,8-11H2,1-3H3,(H,18,19). The molecule has 2 rings (SSSR count). The Morgan fingerprint density at radius 3 is 2.83 bits per heavy atom. The van der Waals surface area contributed by atoms with Crippen molar-refractivity contribution < 1.29 is 0 Å².